The molecule has 0 bridgehead atoms. The van der Waals surface area contributed by atoms with Crippen LogP contribution in [0, 0.1) is 0 Å². The number of hydrogen-bond acceptors (Lipinski definition) is 4. The second-order valence-electron chi connectivity index (χ2n) is 8.16. The van der Waals surface area contributed by atoms with Gasteiger partial charge in [-0.05, 0) is 42.0 Å². The van der Waals surface area contributed by atoms with Crippen molar-refractivity contribution in [1.29, 1.82) is 0 Å². The monoisotopic (exact) mass is 536 g/mol. The van der Waals surface area contributed by atoms with Crippen LogP contribution in [-0.4, -0.2) is 39.7 Å². The lowest BCUT2D eigenvalue weighted by Crippen LogP contribution is -2.30. The second kappa shape index (κ2) is 11.3. The van der Waals surface area contributed by atoms with Crippen LogP contribution in [0.15, 0.2) is 84.9 Å². The highest BCUT2D eigenvalue weighted by atomic mass is 35.5. The Hall–Kier alpha value is -4.14. The molecule has 3 aromatic carbocycles. The molecule has 8 nitrogen and oxygen atoms in total. The lowest BCUT2D eigenvalue weighted by molar-refractivity contribution is -0.137. The normalized spacial score (nSPS) is 11.5. The number of anilines is 1. The molecule has 1 heterocycles. The van der Waals surface area contributed by atoms with Crippen molar-refractivity contribution < 1.29 is 19.5 Å². The number of benzene rings is 3. The predicted octanol–water partition coefficient (Wildman–Crippen LogP) is 5.40. The standard InChI is InChI=1S/C27H22Cl2N4O4/c1-32(27(37)17-8-4-2-5-9-17)24-15-23(31-33(24)19-10-6-3-7-11-19)26(36)30-22(16-25(34)35)20-13-12-18(28)14-21(20)29/h2-15,22H,16H2,1H3,(H,30,36)(H,34,35). The number of nitrogens with zero attached hydrogens (tertiary/aromatic N) is 3. The van der Waals surface area contributed by atoms with Gasteiger partial charge in [0.2, 0.25) is 0 Å². The summed E-state index contributed by atoms with van der Waals surface area (Å²) in [4.78, 5) is 39.4. The largest absolute Gasteiger partial charge is 0.481 e. The average Bonchev–Trinajstić information content (AvgIpc) is 3.34. The number of aromatic nitrogens is 2. The smallest absolute Gasteiger partial charge is 0.305 e. The predicted molar refractivity (Wildman–Crippen MR) is 142 cm³/mol. The highest BCUT2D eigenvalue weighted by Gasteiger charge is 2.26. The zero-order chi connectivity index (χ0) is 26.5. The Labute approximate surface area is 223 Å². The van der Waals surface area contributed by atoms with Crippen LogP contribution in [0.1, 0.15) is 38.9 Å². The maximum atomic E-state index is 13.3. The maximum Gasteiger partial charge on any atom is 0.305 e. The molecule has 4 rings (SSSR count). The van der Waals surface area contributed by atoms with Gasteiger partial charge in [0.1, 0.15) is 5.82 Å². The molecule has 0 aliphatic carbocycles. The number of amides is 2. The molecule has 0 saturated carbocycles. The van der Waals surface area contributed by atoms with Crippen LogP contribution >= 0.6 is 23.2 Å². The highest BCUT2D eigenvalue weighted by Crippen LogP contribution is 2.29. The minimum absolute atomic E-state index is 0.00737. The third-order valence-corrected chi connectivity index (χ3v) is 6.18. The number of carbonyl (C=O) groups excluding carboxylic acids is 2. The van der Waals surface area contributed by atoms with E-state index in [-0.39, 0.29) is 16.6 Å². The minimum Gasteiger partial charge on any atom is -0.481 e. The summed E-state index contributed by atoms with van der Waals surface area (Å²) in [5.74, 6) is -1.69. The zero-order valence-electron chi connectivity index (χ0n) is 19.6. The van der Waals surface area contributed by atoms with Gasteiger partial charge in [0.25, 0.3) is 11.8 Å². The molecule has 0 aliphatic heterocycles. The number of carbonyl (C=O) groups is 3. The summed E-state index contributed by atoms with van der Waals surface area (Å²) in [6.45, 7) is 0. The van der Waals surface area contributed by atoms with Crippen LogP contribution < -0.4 is 10.2 Å². The first-order valence-electron chi connectivity index (χ1n) is 11.2. The van der Waals surface area contributed by atoms with Crippen LogP contribution in [0.3, 0.4) is 0 Å². The summed E-state index contributed by atoms with van der Waals surface area (Å²) in [7, 11) is 1.59. The van der Waals surface area contributed by atoms with Crippen molar-refractivity contribution >= 4 is 46.8 Å². The number of aliphatic carboxylic acids is 1. The van der Waals surface area contributed by atoms with E-state index in [1.807, 2.05) is 24.3 Å². The summed E-state index contributed by atoms with van der Waals surface area (Å²) in [5.41, 5.74) is 1.50. The number of para-hydroxylation sites is 1. The topological polar surface area (TPSA) is 105 Å². The highest BCUT2D eigenvalue weighted by molar-refractivity contribution is 6.35. The van der Waals surface area contributed by atoms with Gasteiger partial charge < -0.3 is 10.4 Å². The Morgan fingerprint density at radius 2 is 1.62 bits per heavy atom. The molecule has 4 aromatic rings. The fourth-order valence-corrected chi connectivity index (χ4v) is 4.33. The van der Waals surface area contributed by atoms with Gasteiger partial charge in [-0.3, -0.25) is 19.3 Å². The van der Waals surface area contributed by atoms with Crippen LogP contribution in [0.2, 0.25) is 10.0 Å². The van der Waals surface area contributed by atoms with E-state index >= 15 is 0 Å². The quantitative estimate of drug-likeness (QED) is 0.313. The number of carboxylic acids is 1. The van der Waals surface area contributed by atoms with Gasteiger partial charge in [0, 0.05) is 28.7 Å². The van der Waals surface area contributed by atoms with Gasteiger partial charge in [-0.15, -0.1) is 0 Å². The average molecular weight is 537 g/mol. The van der Waals surface area contributed by atoms with Gasteiger partial charge in [0.15, 0.2) is 5.69 Å². The fourth-order valence-electron chi connectivity index (χ4n) is 3.79. The number of nitrogens with one attached hydrogen (secondary N) is 1. The van der Waals surface area contributed by atoms with Crippen molar-refractivity contribution in [2.45, 2.75) is 12.5 Å². The van der Waals surface area contributed by atoms with Crippen LogP contribution in [0.4, 0.5) is 5.82 Å². The van der Waals surface area contributed by atoms with Crippen LogP contribution in [0.5, 0.6) is 0 Å². The van der Waals surface area contributed by atoms with Crippen molar-refractivity contribution in [1.82, 2.24) is 15.1 Å². The third-order valence-electron chi connectivity index (χ3n) is 5.61. The summed E-state index contributed by atoms with van der Waals surface area (Å²) < 4.78 is 1.48. The van der Waals surface area contributed by atoms with E-state index < -0.39 is 24.3 Å². The molecular formula is C27H22Cl2N4O4. The molecule has 1 atom stereocenters. The summed E-state index contributed by atoms with van der Waals surface area (Å²) in [5, 5.41) is 17.2. The van der Waals surface area contributed by atoms with Gasteiger partial charge in [-0.1, -0.05) is 65.7 Å². The Bertz CT molecular complexity index is 1440. The summed E-state index contributed by atoms with van der Waals surface area (Å²) in [6.07, 6.45) is -0.411. The van der Waals surface area contributed by atoms with Crippen molar-refractivity contribution in [3.63, 3.8) is 0 Å². The minimum atomic E-state index is -1.12. The number of halogens is 2. The molecule has 0 aliphatic rings. The molecule has 10 heteroatoms. The number of carboxylic acid groups (broad SMARTS) is 1. The zero-order valence-corrected chi connectivity index (χ0v) is 21.1. The van der Waals surface area contributed by atoms with Gasteiger partial charge in [-0.25, -0.2) is 4.68 Å². The van der Waals surface area contributed by atoms with Crippen molar-refractivity contribution in [3.8, 4) is 5.69 Å². The lowest BCUT2D eigenvalue weighted by atomic mass is 10.0. The molecule has 37 heavy (non-hydrogen) atoms. The Balaban J connectivity index is 1.70. The van der Waals surface area contributed by atoms with E-state index in [4.69, 9.17) is 23.2 Å². The Kier molecular flexibility index (Phi) is 7.91. The number of hydrogen-bond donors (Lipinski definition) is 2. The molecule has 2 N–H and O–H groups in total. The molecule has 1 unspecified atom stereocenters. The van der Waals surface area contributed by atoms with Gasteiger partial charge in [-0.2, -0.15) is 5.10 Å². The van der Waals surface area contributed by atoms with E-state index in [1.54, 1.807) is 55.6 Å². The maximum absolute atomic E-state index is 13.3. The van der Waals surface area contributed by atoms with Crippen molar-refractivity contribution in [2.24, 2.45) is 0 Å². The first-order chi connectivity index (χ1) is 17.7. The summed E-state index contributed by atoms with van der Waals surface area (Å²) in [6, 6.07) is 22.9. The van der Waals surface area contributed by atoms with Crippen LogP contribution in [-0.2, 0) is 4.79 Å². The summed E-state index contributed by atoms with van der Waals surface area (Å²) >= 11 is 12.3. The fraction of sp³-hybridized carbons (Fsp3) is 0.111. The molecule has 0 saturated heterocycles. The van der Waals surface area contributed by atoms with E-state index in [0.717, 1.165) is 0 Å². The van der Waals surface area contributed by atoms with E-state index in [9.17, 15) is 19.5 Å². The lowest BCUT2D eigenvalue weighted by Gasteiger charge is -2.18. The van der Waals surface area contributed by atoms with Gasteiger partial charge >= 0.3 is 5.97 Å². The molecule has 0 spiro atoms. The Morgan fingerprint density at radius 3 is 2.24 bits per heavy atom. The first kappa shape index (κ1) is 25.9. The molecule has 188 valence electrons. The SMILES string of the molecule is CN(C(=O)c1ccccc1)c1cc(C(=O)NC(CC(=O)O)c2ccc(Cl)cc2Cl)nn1-c1ccccc1. The third kappa shape index (κ3) is 5.99. The Morgan fingerprint density at radius 1 is 0.973 bits per heavy atom. The van der Waals surface area contributed by atoms with E-state index in [0.29, 0.717) is 27.7 Å². The molecular weight excluding hydrogens is 515 g/mol. The molecule has 1 aromatic heterocycles. The van der Waals surface area contributed by atoms with Crippen molar-refractivity contribution in [2.75, 3.05) is 11.9 Å². The first-order valence-corrected chi connectivity index (χ1v) is 12.0. The molecule has 0 radical (unpaired) electrons. The van der Waals surface area contributed by atoms with Crippen LogP contribution in [0.25, 0.3) is 5.69 Å². The van der Waals surface area contributed by atoms with E-state index in [2.05, 4.69) is 10.4 Å². The molecule has 2 amide bonds. The van der Waals surface area contributed by atoms with E-state index in [1.165, 1.54) is 21.7 Å². The second-order valence-corrected chi connectivity index (χ2v) is 9.00. The molecule has 0 fully saturated rings. The van der Waals surface area contributed by atoms with Gasteiger partial charge in [0.05, 0.1) is 18.2 Å². The number of rotatable bonds is 8. The van der Waals surface area contributed by atoms with Crippen molar-refractivity contribution in [3.05, 3.63) is 112 Å².